The molecule has 0 aliphatic carbocycles. The van der Waals surface area contributed by atoms with Gasteiger partial charge in [-0.2, -0.15) is 0 Å². The molecule has 1 saturated heterocycles. The average Bonchev–Trinajstić information content (AvgIpc) is 2.44. The van der Waals surface area contributed by atoms with Crippen LogP contribution in [0.4, 0.5) is 0 Å². The summed E-state index contributed by atoms with van der Waals surface area (Å²) >= 11 is 0. The first kappa shape index (κ1) is 9.48. The Balaban J connectivity index is 2.01. The summed E-state index contributed by atoms with van der Waals surface area (Å²) in [4.78, 5) is 0. The van der Waals surface area contributed by atoms with Gasteiger partial charge in [-0.15, -0.1) is 0 Å². The summed E-state index contributed by atoms with van der Waals surface area (Å²) in [6, 6.07) is 0. The van der Waals surface area contributed by atoms with Crippen molar-refractivity contribution in [3.63, 3.8) is 0 Å². The van der Waals surface area contributed by atoms with Crippen LogP contribution in [0.25, 0.3) is 0 Å². The third-order valence-corrected chi connectivity index (χ3v) is 6.04. The van der Waals surface area contributed by atoms with Crippen LogP contribution in [-0.2, 0) is 4.57 Å². The quantitative estimate of drug-likeness (QED) is 0.478. The minimum Gasteiger partial charge on any atom is -0.306 e. The van der Waals surface area contributed by atoms with Crippen molar-refractivity contribution < 1.29 is 4.57 Å². The van der Waals surface area contributed by atoms with E-state index in [2.05, 4.69) is 16.8 Å². The Morgan fingerprint density at radius 1 is 0.923 bits per heavy atom. The maximum absolute atomic E-state index is 12.4. The van der Waals surface area contributed by atoms with E-state index in [9.17, 15) is 4.57 Å². The van der Waals surface area contributed by atoms with Gasteiger partial charge in [0, 0.05) is 25.4 Å². The summed E-state index contributed by atoms with van der Waals surface area (Å²) in [7, 11) is -1.95. The predicted molar refractivity (Wildman–Crippen MR) is 56.5 cm³/mol. The van der Waals surface area contributed by atoms with E-state index < -0.39 is 7.29 Å². The standard InChI is InChI=1S/C10H18NOP/c12-13(9-5-6-10-13)11-7-3-1-2-4-8-11/h5-6H,1-4,7-10H2. The van der Waals surface area contributed by atoms with E-state index in [-0.39, 0.29) is 0 Å². The van der Waals surface area contributed by atoms with E-state index in [0.29, 0.717) is 0 Å². The van der Waals surface area contributed by atoms with Gasteiger partial charge in [-0.3, -0.25) is 4.67 Å². The molecule has 13 heavy (non-hydrogen) atoms. The fourth-order valence-corrected chi connectivity index (χ4v) is 4.78. The smallest absolute Gasteiger partial charge is 0.157 e. The van der Waals surface area contributed by atoms with Crippen molar-refractivity contribution in [3.8, 4) is 0 Å². The van der Waals surface area contributed by atoms with Crippen LogP contribution in [0.3, 0.4) is 0 Å². The van der Waals surface area contributed by atoms with Crippen molar-refractivity contribution in [2.45, 2.75) is 25.7 Å². The Morgan fingerprint density at radius 3 is 2.00 bits per heavy atom. The molecule has 0 spiro atoms. The number of hydrogen-bond acceptors (Lipinski definition) is 1. The van der Waals surface area contributed by atoms with Gasteiger partial charge in [-0.05, 0) is 12.8 Å². The second-order valence-electron chi connectivity index (χ2n) is 4.05. The van der Waals surface area contributed by atoms with Gasteiger partial charge in [0.05, 0.1) is 0 Å². The highest BCUT2D eigenvalue weighted by atomic mass is 31.2. The first-order valence-corrected chi connectivity index (χ1v) is 7.33. The molecule has 0 aromatic carbocycles. The van der Waals surface area contributed by atoms with E-state index in [1.165, 1.54) is 25.7 Å². The van der Waals surface area contributed by atoms with Gasteiger partial charge in [0.25, 0.3) is 0 Å². The highest BCUT2D eigenvalue weighted by Crippen LogP contribution is 2.53. The van der Waals surface area contributed by atoms with Gasteiger partial charge in [-0.25, -0.2) is 0 Å². The SMILES string of the molecule is O=P1(N2CCCCCC2)CC=CC1. The van der Waals surface area contributed by atoms with Crippen LogP contribution in [0.5, 0.6) is 0 Å². The molecule has 0 aromatic heterocycles. The van der Waals surface area contributed by atoms with Gasteiger partial charge in [0.1, 0.15) is 0 Å². The summed E-state index contributed by atoms with van der Waals surface area (Å²) in [5, 5.41) is 0. The summed E-state index contributed by atoms with van der Waals surface area (Å²) in [5.41, 5.74) is 0. The Morgan fingerprint density at radius 2 is 1.46 bits per heavy atom. The van der Waals surface area contributed by atoms with Gasteiger partial charge >= 0.3 is 0 Å². The highest BCUT2D eigenvalue weighted by molar-refractivity contribution is 7.62. The lowest BCUT2D eigenvalue weighted by atomic mass is 10.2. The Hall–Kier alpha value is -0.0700. The zero-order valence-electron chi connectivity index (χ0n) is 8.11. The van der Waals surface area contributed by atoms with Gasteiger partial charge in [0.2, 0.25) is 0 Å². The molecule has 0 N–H and O–H groups in total. The molecule has 2 heterocycles. The highest BCUT2D eigenvalue weighted by Gasteiger charge is 2.30. The molecule has 0 atom stereocenters. The molecule has 0 aromatic rings. The van der Waals surface area contributed by atoms with Crippen molar-refractivity contribution in [2.24, 2.45) is 0 Å². The molecule has 0 unspecified atom stereocenters. The molecule has 0 amide bonds. The van der Waals surface area contributed by atoms with Gasteiger partial charge in [-0.1, -0.05) is 25.0 Å². The zero-order valence-corrected chi connectivity index (χ0v) is 9.01. The van der Waals surface area contributed by atoms with Crippen LogP contribution in [0.15, 0.2) is 12.2 Å². The molecular formula is C10H18NOP. The van der Waals surface area contributed by atoms with E-state index in [4.69, 9.17) is 0 Å². The third kappa shape index (κ3) is 2.05. The normalized spacial score (nSPS) is 28.9. The second kappa shape index (κ2) is 3.98. The van der Waals surface area contributed by atoms with E-state index in [1.54, 1.807) is 0 Å². The third-order valence-electron chi connectivity index (χ3n) is 3.05. The van der Waals surface area contributed by atoms with Crippen molar-refractivity contribution in [1.82, 2.24) is 4.67 Å². The van der Waals surface area contributed by atoms with Crippen LogP contribution < -0.4 is 0 Å². The van der Waals surface area contributed by atoms with E-state index in [1.807, 2.05) is 0 Å². The van der Waals surface area contributed by atoms with Crippen LogP contribution in [-0.4, -0.2) is 30.1 Å². The molecule has 0 bridgehead atoms. The molecule has 2 aliphatic heterocycles. The number of nitrogens with zero attached hydrogens (tertiary/aromatic N) is 1. The molecule has 2 nitrogen and oxygen atoms in total. The molecule has 0 radical (unpaired) electrons. The Bertz CT molecular complexity index is 229. The van der Waals surface area contributed by atoms with Crippen LogP contribution >= 0.6 is 7.29 Å². The monoisotopic (exact) mass is 199 g/mol. The van der Waals surface area contributed by atoms with E-state index >= 15 is 0 Å². The molecule has 2 rings (SSSR count). The summed E-state index contributed by atoms with van der Waals surface area (Å²) in [6.45, 7) is 2.14. The lowest BCUT2D eigenvalue weighted by Crippen LogP contribution is -2.22. The topological polar surface area (TPSA) is 20.3 Å². The largest absolute Gasteiger partial charge is 0.306 e. The van der Waals surface area contributed by atoms with E-state index in [0.717, 1.165) is 25.4 Å². The molecular weight excluding hydrogens is 181 g/mol. The Labute approximate surface area is 80.4 Å². The first-order valence-electron chi connectivity index (χ1n) is 5.30. The summed E-state index contributed by atoms with van der Waals surface area (Å²) < 4.78 is 14.7. The summed E-state index contributed by atoms with van der Waals surface area (Å²) in [5.74, 6) is 0. The fraction of sp³-hybridized carbons (Fsp3) is 0.800. The second-order valence-corrected chi connectivity index (χ2v) is 7.04. The maximum atomic E-state index is 12.4. The zero-order chi connectivity index (χ0) is 9.15. The number of allylic oxidation sites excluding steroid dienone is 2. The minimum absolute atomic E-state index is 0.826. The first-order chi connectivity index (χ1) is 6.31. The van der Waals surface area contributed by atoms with Crippen molar-refractivity contribution in [3.05, 3.63) is 12.2 Å². The van der Waals surface area contributed by atoms with Crippen molar-refractivity contribution in [2.75, 3.05) is 25.4 Å². The van der Waals surface area contributed by atoms with Gasteiger partial charge < -0.3 is 4.57 Å². The Kier molecular flexibility index (Phi) is 2.90. The predicted octanol–water partition coefficient (Wildman–Crippen LogP) is 2.71. The van der Waals surface area contributed by atoms with Crippen LogP contribution in [0.2, 0.25) is 0 Å². The fourth-order valence-electron chi connectivity index (χ4n) is 2.20. The molecule has 1 fully saturated rings. The number of rotatable bonds is 1. The number of hydrogen-bond donors (Lipinski definition) is 0. The lowest BCUT2D eigenvalue weighted by molar-refractivity contribution is 0.426. The van der Waals surface area contributed by atoms with Gasteiger partial charge in [0.15, 0.2) is 7.29 Å². The van der Waals surface area contributed by atoms with Crippen LogP contribution in [0, 0.1) is 0 Å². The molecule has 0 saturated carbocycles. The molecule has 74 valence electrons. The average molecular weight is 199 g/mol. The lowest BCUT2D eigenvalue weighted by Gasteiger charge is -2.27. The minimum atomic E-state index is -1.95. The van der Waals surface area contributed by atoms with Crippen LogP contribution in [0.1, 0.15) is 25.7 Å². The molecule has 3 heteroatoms. The van der Waals surface area contributed by atoms with Crippen molar-refractivity contribution in [1.29, 1.82) is 0 Å². The van der Waals surface area contributed by atoms with Crippen molar-refractivity contribution >= 4 is 7.29 Å². The maximum Gasteiger partial charge on any atom is 0.157 e. The molecule has 2 aliphatic rings. The summed E-state index contributed by atoms with van der Waals surface area (Å²) in [6.07, 6.45) is 11.0.